The Bertz CT molecular complexity index is 198. The maximum absolute atomic E-state index is 11.1. The van der Waals surface area contributed by atoms with Crippen molar-refractivity contribution in [3.63, 3.8) is 0 Å². The van der Waals surface area contributed by atoms with E-state index in [9.17, 15) is 4.79 Å². The molecule has 1 atom stereocenters. The largest absolute Gasteiger partial charge is 0.480 e. The summed E-state index contributed by atoms with van der Waals surface area (Å²) in [5, 5.41) is 9.14. The van der Waals surface area contributed by atoms with Gasteiger partial charge in [0.25, 0.3) is 0 Å². The van der Waals surface area contributed by atoms with Crippen molar-refractivity contribution in [2.45, 2.75) is 52.0 Å². The van der Waals surface area contributed by atoms with Crippen molar-refractivity contribution < 1.29 is 9.90 Å². The molecule has 3 nitrogen and oxygen atoms in total. The number of hydrogen-bond donors (Lipinski definition) is 1. The van der Waals surface area contributed by atoms with Gasteiger partial charge in [-0.1, -0.05) is 26.7 Å². The lowest BCUT2D eigenvalue weighted by Gasteiger charge is -2.35. The summed E-state index contributed by atoms with van der Waals surface area (Å²) >= 11 is 0. The number of likely N-dealkylation sites (tertiary alicyclic amines) is 1. The number of rotatable bonds is 5. The Balaban J connectivity index is 2.45. The van der Waals surface area contributed by atoms with Crippen LogP contribution in [0.1, 0.15) is 46.0 Å². The topological polar surface area (TPSA) is 40.5 Å². The molecule has 0 aromatic carbocycles. The highest BCUT2D eigenvalue weighted by atomic mass is 16.4. The maximum atomic E-state index is 11.1. The first kappa shape index (κ1) is 12.5. The van der Waals surface area contributed by atoms with Crippen molar-refractivity contribution in [1.29, 1.82) is 0 Å². The number of nitrogens with zero attached hydrogens (tertiary/aromatic N) is 1. The van der Waals surface area contributed by atoms with E-state index in [2.05, 4.69) is 18.7 Å². The van der Waals surface area contributed by atoms with E-state index >= 15 is 0 Å². The second-order valence-electron chi connectivity index (χ2n) is 4.53. The van der Waals surface area contributed by atoms with Crippen LogP contribution < -0.4 is 0 Å². The van der Waals surface area contributed by atoms with Gasteiger partial charge in [-0.15, -0.1) is 0 Å². The van der Waals surface area contributed by atoms with Crippen LogP contribution in [0.2, 0.25) is 0 Å². The molecule has 0 saturated carbocycles. The molecule has 88 valence electrons. The Morgan fingerprint density at radius 3 is 2.40 bits per heavy atom. The number of carboxylic acids is 1. The van der Waals surface area contributed by atoms with Crippen molar-refractivity contribution in [3.05, 3.63) is 0 Å². The SMILES string of the molecule is CCCC(C(=O)O)N1CCC(CC)CC1. The van der Waals surface area contributed by atoms with E-state index in [-0.39, 0.29) is 6.04 Å². The minimum absolute atomic E-state index is 0.243. The number of piperidine rings is 1. The summed E-state index contributed by atoms with van der Waals surface area (Å²) in [5.74, 6) is 0.170. The standard InChI is InChI=1S/C12H23NO2/c1-3-5-11(12(14)15)13-8-6-10(4-2)7-9-13/h10-11H,3-9H2,1-2H3,(H,14,15). The molecule has 1 rings (SSSR count). The molecule has 0 amide bonds. The molecule has 15 heavy (non-hydrogen) atoms. The summed E-state index contributed by atoms with van der Waals surface area (Å²) in [6, 6.07) is -0.243. The molecule has 1 heterocycles. The summed E-state index contributed by atoms with van der Waals surface area (Å²) in [4.78, 5) is 13.2. The van der Waals surface area contributed by atoms with E-state index in [0.29, 0.717) is 0 Å². The van der Waals surface area contributed by atoms with Crippen LogP contribution in [0.3, 0.4) is 0 Å². The molecular formula is C12H23NO2. The Morgan fingerprint density at radius 2 is 2.00 bits per heavy atom. The predicted octanol–water partition coefficient (Wildman–Crippen LogP) is 2.36. The number of aliphatic carboxylic acids is 1. The lowest BCUT2D eigenvalue weighted by molar-refractivity contribution is -0.144. The molecule has 1 saturated heterocycles. The highest BCUT2D eigenvalue weighted by Gasteiger charge is 2.28. The van der Waals surface area contributed by atoms with E-state index < -0.39 is 5.97 Å². The van der Waals surface area contributed by atoms with Gasteiger partial charge in [-0.25, -0.2) is 0 Å². The van der Waals surface area contributed by atoms with Gasteiger partial charge in [0, 0.05) is 0 Å². The second kappa shape index (κ2) is 6.11. The number of carboxylic acid groups (broad SMARTS) is 1. The first-order chi connectivity index (χ1) is 7.19. The monoisotopic (exact) mass is 213 g/mol. The van der Waals surface area contributed by atoms with Crippen LogP contribution >= 0.6 is 0 Å². The van der Waals surface area contributed by atoms with Crippen LogP contribution in [-0.2, 0) is 4.79 Å². The Morgan fingerprint density at radius 1 is 1.40 bits per heavy atom. The summed E-state index contributed by atoms with van der Waals surface area (Å²) in [6.45, 7) is 6.21. The molecule has 1 unspecified atom stereocenters. The lowest BCUT2D eigenvalue weighted by atomic mass is 9.93. The molecule has 1 N–H and O–H groups in total. The molecule has 0 aromatic heterocycles. The molecule has 3 heteroatoms. The third kappa shape index (κ3) is 3.49. The fourth-order valence-electron chi connectivity index (χ4n) is 2.41. The third-order valence-corrected chi connectivity index (χ3v) is 3.51. The Kier molecular flexibility index (Phi) is 5.09. The first-order valence-corrected chi connectivity index (χ1v) is 6.15. The van der Waals surface area contributed by atoms with Crippen molar-refractivity contribution in [3.8, 4) is 0 Å². The average Bonchev–Trinajstić information content (AvgIpc) is 2.26. The minimum Gasteiger partial charge on any atom is -0.480 e. The molecule has 1 aliphatic rings. The molecule has 0 aromatic rings. The van der Waals surface area contributed by atoms with Crippen molar-refractivity contribution >= 4 is 5.97 Å². The third-order valence-electron chi connectivity index (χ3n) is 3.51. The Labute approximate surface area is 92.5 Å². The molecule has 0 bridgehead atoms. The summed E-state index contributed by atoms with van der Waals surface area (Å²) in [7, 11) is 0. The first-order valence-electron chi connectivity index (χ1n) is 6.15. The van der Waals surface area contributed by atoms with Crippen LogP contribution in [0.5, 0.6) is 0 Å². The van der Waals surface area contributed by atoms with E-state index in [1.807, 2.05) is 0 Å². The van der Waals surface area contributed by atoms with Gasteiger partial charge in [-0.3, -0.25) is 9.69 Å². The molecule has 0 aliphatic carbocycles. The molecule has 0 spiro atoms. The maximum Gasteiger partial charge on any atom is 0.320 e. The van der Waals surface area contributed by atoms with Crippen LogP contribution in [-0.4, -0.2) is 35.1 Å². The lowest BCUT2D eigenvalue weighted by Crippen LogP contribution is -2.45. The highest BCUT2D eigenvalue weighted by molar-refractivity contribution is 5.73. The zero-order chi connectivity index (χ0) is 11.3. The van der Waals surface area contributed by atoms with Crippen LogP contribution in [0.4, 0.5) is 0 Å². The van der Waals surface area contributed by atoms with Gasteiger partial charge in [-0.05, 0) is 38.3 Å². The minimum atomic E-state index is -0.646. The van der Waals surface area contributed by atoms with Gasteiger partial charge < -0.3 is 5.11 Å². The summed E-state index contributed by atoms with van der Waals surface area (Å²) < 4.78 is 0. The number of hydrogen-bond acceptors (Lipinski definition) is 2. The van der Waals surface area contributed by atoms with Gasteiger partial charge >= 0.3 is 5.97 Å². The van der Waals surface area contributed by atoms with Crippen molar-refractivity contribution in [1.82, 2.24) is 4.90 Å². The smallest absolute Gasteiger partial charge is 0.320 e. The van der Waals surface area contributed by atoms with Crippen LogP contribution in [0, 0.1) is 5.92 Å². The molecule has 1 aliphatic heterocycles. The second-order valence-corrected chi connectivity index (χ2v) is 4.53. The molecule has 0 radical (unpaired) electrons. The molecule has 1 fully saturated rings. The quantitative estimate of drug-likeness (QED) is 0.762. The highest BCUT2D eigenvalue weighted by Crippen LogP contribution is 2.22. The van der Waals surface area contributed by atoms with Gasteiger partial charge in [0.15, 0.2) is 0 Å². The van der Waals surface area contributed by atoms with Gasteiger partial charge in [-0.2, -0.15) is 0 Å². The van der Waals surface area contributed by atoms with Crippen LogP contribution in [0.15, 0.2) is 0 Å². The number of carbonyl (C=O) groups is 1. The van der Waals surface area contributed by atoms with E-state index in [0.717, 1.165) is 31.8 Å². The molecular weight excluding hydrogens is 190 g/mol. The Hall–Kier alpha value is -0.570. The summed E-state index contributed by atoms with van der Waals surface area (Å²) in [6.07, 6.45) is 5.31. The average molecular weight is 213 g/mol. The van der Waals surface area contributed by atoms with Gasteiger partial charge in [0.05, 0.1) is 0 Å². The zero-order valence-electron chi connectivity index (χ0n) is 9.91. The van der Waals surface area contributed by atoms with E-state index in [4.69, 9.17) is 5.11 Å². The van der Waals surface area contributed by atoms with E-state index in [1.54, 1.807) is 0 Å². The van der Waals surface area contributed by atoms with Gasteiger partial charge in [0.1, 0.15) is 6.04 Å². The fraction of sp³-hybridized carbons (Fsp3) is 0.917. The fourth-order valence-corrected chi connectivity index (χ4v) is 2.41. The van der Waals surface area contributed by atoms with E-state index in [1.165, 1.54) is 19.3 Å². The predicted molar refractivity (Wildman–Crippen MR) is 60.9 cm³/mol. The van der Waals surface area contributed by atoms with Crippen LogP contribution in [0.25, 0.3) is 0 Å². The van der Waals surface area contributed by atoms with Crippen molar-refractivity contribution in [2.24, 2.45) is 5.92 Å². The van der Waals surface area contributed by atoms with Gasteiger partial charge in [0.2, 0.25) is 0 Å². The van der Waals surface area contributed by atoms with Crippen molar-refractivity contribution in [2.75, 3.05) is 13.1 Å². The zero-order valence-corrected chi connectivity index (χ0v) is 9.91. The summed E-state index contributed by atoms with van der Waals surface area (Å²) in [5.41, 5.74) is 0. The normalized spacial score (nSPS) is 21.5.